The van der Waals surface area contributed by atoms with E-state index in [-0.39, 0.29) is 59.1 Å². The zero-order chi connectivity index (χ0) is 11.5. The quantitative estimate of drug-likeness (QED) is 0.333. The van der Waals surface area contributed by atoms with Crippen LogP contribution in [0.5, 0.6) is 0 Å². The second-order valence-corrected chi connectivity index (χ2v) is 4.49. The van der Waals surface area contributed by atoms with Crippen LogP contribution in [0.3, 0.4) is 0 Å². The summed E-state index contributed by atoms with van der Waals surface area (Å²) in [7, 11) is -4.98. The first-order chi connectivity index (χ1) is 6.15. The third-order valence-electron chi connectivity index (χ3n) is 1.54. The van der Waals surface area contributed by atoms with Crippen molar-refractivity contribution in [3.63, 3.8) is 0 Å². The smallest absolute Gasteiger partial charge is 0.811 e. The molecular weight excluding hydrogens is 261 g/mol. The van der Waals surface area contributed by atoms with Gasteiger partial charge in [0, 0.05) is 6.16 Å². The number of Topliss-reactive ketones (excluding diaryl/α,β-unsaturated/α-hetero) is 1. The van der Waals surface area contributed by atoms with Gasteiger partial charge in [-0.2, -0.15) is 0 Å². The second-order valence-electron chi connectivity index (χ2n) is 2.91. The van der Waals surface area contributed by atoms with Crippen molar-refractivity contribution in [2.24, 2.45) is 0 Å². The van der Waals surface area contributed by atoms with Gasteiger partial charge in [-0.05, 0) is 6.92 Å². The first kappa shape index (κ1) is 22.8. The summed E-state index contributed by atoms with van der Waals surface area (Å²) in [6.45, 7) is 0.953. The summed E-state index contributed by atoms with van der Waals surface area (Å²) >= 11 is 0. The zero-order valence-corrected chi connectivity index (χ0v) is 14.3. The Labute approximate surface area is 137 Å². The number of hydrogen-bond acceptors (Lipinski definition) is 7. The van der Waals surface area contributed by atoms with Gasteiger partial charge in [-0.1, -0.05) is 7.60 Å². The zero-order valence-electron chi connectivity index (χ0n) is 9.36. The van der Waals surface area contributed by atoms with Crippen LogP contribution in [0.15, 0.2) is 0 Å². The molecule has 0 aliphatic rings. The Balaban J connectivity index is -0.000000845. The normalized spacial score (nSPS) is 16.4. The average molecular weight is 272 g/mol. The fraction of sp³-hybridized carbons (Fsp3) is 0.833. The standard InChI is InChI=1S/C6H13O7P.2Na/c1-3(7)5(9)6(10)4(8)2-14(11,12)13;;/h4-6,8-10H,2H2,1H3,(H2,11,12,13);;/q;2*+1/p-2. The van der Waals surface area contributed by atoms with Crippen LogP contribution in [0.25, 0.3) is 0 Å². The summed E-state index contributed by atoms with van der Waals surface area (Å²) < 4.78 is 10.2. The maximum absolute atomic E-state index is 10.5. The molecule has 3 unspecified atom stereocenters. The molecule has 3 N–H and O–H groups in total. The summed E-state index contributed by atoms with van der Waals surface area (Å²) in [5.41, 5.74) is 0. The number of ketones is 1. The van der Waals surface area contributed by atoms with E-state index in [1.54, 1.807) is 0 Å². The first-order valence-electron chi connectivity index (χ1n) is 3.71. The maximum atomic E-state index is 10.5. The summed E-state index contributed by atoms with van der Waals surface area (Å²) in [5, 5.41) is 26.8. The van der Waals surface area contributed by atoms with E-state index in [2.05, 4.69) is 0 Å². The van der Waals surface area contributed by atoms with E-state index in [0.29, 0.717) is 0 Å². The molecule has 0 aliphatic carbocycles. The van der Waals surface area contributed by atoms with Crippen molar-refractivity contribution in [2.45, 2.75) is 25.2 Å². The minimum absolute atomic E-state index is 0. The largest absolute Gasteiger partial charge is 1.00 e. The topological polar surface area (TPSA) is 141 Å². The minimum Gasteiger partial charge on any atom is -0.811 e. The van der Waals surface area contributed by atoms with Gasteiger partial charge < -0.3 is 29.7 Å². The summed E-state index contributed by atoms with van der Waals surface area (Å²) in [5.74, 6) is -0.830. The van der Waals surface area contributed by atoms with E-state index in [1.165, 1.54) is 0 Å². The van der Waals surface area contributed by atoms with Gasteiger partial charge in [-0.25, -0.2) is 0 Å². The molecule has 0 fully saturated rings. The van der Waals surface area contributed by atoms with E-state index < -0.39 is 37.9 Å². The Kier molecular flexibility index (Phi) is 13.7. The summed E-state index contributed by atoms with van der Waals surface area (Å²) in [6, 6.07) is 0. The molecule has 0 aromatic carbocycles. The number of rotatable bonds is 5. The molecule has 3 atom stereocenters. The molecule has 0 rings (SSSR count). The Morgan fingerprint density at radius 1 is 1.25 bits per heavy atom. The fourth-order valence-corrected chi connectivity index (χ4v) is 1.46. The van der Waals surface area contributed by atoms with Crippen molar-refractivity contribution in [2.75, 3.05) is 6.16 Å². The van der Waals surface area contributed by atoms with Crippen molar-refractivity contribution in [1.82, 2.24) is 0 Å². The van der Waals surface area contributed by atoms with Crippen molar-refractivity contribution in [1.29, 1.82) is 0 Å². The number of carbonyl (C=O) groups is 1. The molecule has 0 amide bonds. The SMILES string of the molecule is CC(=O)C(O)C(O)C(O)CP(=O)([O-])[O-].[Na+].[Na+]. The monoisotopic (exact) mass is 272 g/mol. The molecule has 0 radical (unpaired) electrons. The third-order valence-corrected chi connectivity index (χ3v) is 2.37. The van der Waals surface area contributed by atoms with Crippen LogP contribution < -0.4 is 68.9 Å². The third kappa shape index (κ3) is 9.70. The molecule has 16 heavy (non-hydrogen) atoms. The minimum atomic E-state index is -4.98. The van der Waals surface area contributed by atoms with E-state index in [0.717, 1.165) is 6.92 Å². The molecule has 0 aromatic rings. The second kappa shape index (κ2) is 9.61. The molecule has 84 valence electrons. The molecule has 0 aliphatic heterocycles. The molecule has 0 aromatic heterocycles. The van der Waals surface area contributed by atoms with Crippen LogP contribution in [-0.4, -0.2) is 45.6 Å². The number of hydrogen-bond donors (Lipinski definition) is 3. The summed E-state index contributed by atoms with van der Waals surface area (Å²) in [4.78, 5) is 30.9. The first-order valence-corrected chi connectivity index (χ1v) is 5.43. The van der Waals surface area contributed by atoms with E-state index in [4.69, 9.17) is 15.3 Å². The fourth-order valence-electron chi connectivity index (χ4n) is 0.788. The number of carbonyl (C=O) groups excluding carboxylic acids is 1. The predicted molar refractivity (Wildman–Crippen MR) is 41.2 cm³/mol. The van der Waals surface area contributed by atoms with Gasteiger partial charge >= 0.3 is 59.1 Å². The van der Waals surface area contributed by atoms with Gasteiger partial charge in [0.15, 0.2) is 5.78 Å². The van der Waals surface area contributed by atoms with Gasteiger partial charge in [0.1, 0.15) is 12.2 Å². The molecule has 10 heteroatoms. The van der Waals surface area contributed by atoms with Crippen molar-refractivity contribution < 1.29 is 93.6 Å². The van der Waals surface area contributed by atoms with Crippen molar-refractivity contribution >= 4 is 13.4 Å². The Morgan fingerprint density at radius 2 is 1.62 bits per heavy atom. The maximum Gasteiger partial charge on any atom is 1.00 e. The van der Waals surface area contributed by atoms with E-state index in [1.807, 2.05) is 0 Å². The van der Waals surface area contributed by atoms with E-state index in [9.17, 15) is 19.1 Å². The van der Waals surface area contributed by atoms with Crippen LogP contribution in [-0.2, 0) is 9.36 Å². The predicted octanol–water partition coefficient (Wildman–Crippen LogP) is -9.42. The Bertz CT molecular complexity index is 255. The summed E-state index contributed by atoms with van der Waals surface area (Å²) in [6.07, 6.45) is -7.05. The Morgan fingerprint density at radius 3 is 1.88 bits per heavy atom. The molecular formula is C6H11Na2O7P. The van der Waals surface area contributed by atoms with Gasteiger partial charge in [0.2, 0.25) is 0 Å². The number of aliphatic hydroxyl groups is 3. The molecule has 7 nitrogen and oxygen atoms in total. The Hall–Kier alpha value is 1.70. The van der Waals surface area contributed by atoms with Gasteiger partial charge in [0.05, 0.1) is 6.10 Å². The van der Waals surface area contributed by atoms with Gasteiger partial charge in [-0.3, -0.25) is 4.79 Å². The molecule has 0 spiro atoms. The molecule has 0 saturated heterocycles. The van der Waals surface area contributed by atoms with Crippen molar-refractivity contribution in [3.8, 4) is 0 Å². The van der Waals surface area contributed by atoms with Crippen LogP contribution >= 0.6 is 7.60 Å². The van der Waals surface area contributed by atoms with Crippen LogP contribution in [0, 0.1) is 0 Å². The molecule has 0 heterocycles. The van der Waals surface area contributed by atoms with Crippen molar-refractivity contribution in [3.05, 3.63) is 0 Å². The van der Waals surface area contributed by atoms with E-state index >= 15 is 0 Å². The molecule has 0 saturated carbocycles. The van der Waals surface area contributed by atoms with Crippen LogP contribution in [0.2, 0.25) is 0 Å². The number of aliphatic hydroxyl groups excluding tert-OH is 3. The average Bonchev–Trinajstić information content (AvgIpc) is 1.98. The van der Waals surface area contributed by atoms with Crippen LogP contribution in [0.4, 0.5) is 0 Å². The van der Waals surface area contributed by atoms with Crippen LogP contribution in [0.1, 0.15) is 6.92 Å². The van der Waals surface area contributed by atoms with Gasteiger partial charge in [0.25, 0.3) is 0 Å². The van der Waals surface area contributed by atoms with Gasteiger partial charge in [-0.15, -0.1) is 0 Å². The molecule has 0 bridgehead atoms.